The predicted octanol–water partition coefficient (Wildman–Crippen LogP) is 7.45. The Labute approximate surface area is 223 Å². The molecule has 36 heavy (non-hydrogen) atoms. The molecule has 1 aromatic carbocycles. The molecule has 1 aliphatic carbocycles. The smallest absolute Gasteiger partial charge is 0.410 e. The number of imidazole rings is 1. The number of likely N-dealkylation sites (tertiary alicyclic amines) is 1. The zero-order chi connectivity index (χ0) is 25.7. The molecule has 2 fully saturated rings. The van der Waals surface area contributed by atoms with Gasteiger partial charge in [-0.1, -0.05) is 51.1 Å². The summed E-state index contributed by atoms with van der Waals surface area (Å²) in [5, 5.41) is 0.0941. The van der Waals surface area contributed by atoms with E-state index in [0.717, 1.165) is 21.4 Å². The third-order valence-electron chi connectivity index (χ3n) is 7.91. The van der Waals surface area contributed by atoms with E-state index in [1.54, 1.807) is 0 Å². The molecule has 2 atom stereocenters. The fourth-order valence-electron chi connectivity index (χ4n) is 4.66. The van der Waals surface area contributed by atoms with Crippen molar-refractivity contribution in [2.45, 2.75) is 82.8 Å². The maximum Gasteiger partial charge on any atom is 0.410 e. The van der Waals surface area contributed by atoms with Crippen LogP contribution in [-0.4, -0.2) is 41.3 Å². The standard InChI is InChI=1S/C28H36BrN3O3Si/c1-28(2,3)36(4,5)35-22-14-25(32(16-22)27(33)34-18-19-9-7-6-8-10-19)24-17-31-15-21(20-11-12-20)13-23(29)26(31)30-24/h6-10,13,15,17,20,22,25H,11-12,14,16,18H2,1-5H3/t22-,25+/m0/s1. The average Bonchev–Trinajstić information content (AvgIpc) is 3.45. The van der Waals surface area contributed by atoms with E-state index in [1.165, 1.54) is 18.4 Å². The fraction of sp³-hybridized carbons (Fsp3) is 0.500. The van der Waals surface area contributed by atoms with Crippen LogP contribution in [0.2, 0.25) is 18.1 Å². The SMILES string of the molecule is CC(C)(C)[Si](C)(C)O[C@H]1C[C@H](c2cn3cc(C4CC4)cc(Br)c3n2)N(C(=O)OCc2ccccc2)C1. The van der Waals surface area contributed by atoms with Gasteiger partial charge in [0.05, 0.1) is 22.3 Å². The molecule has 6 nitrogen and oxygen atoms in total. The Morgan fingerprint density at radius 3 is 2.56 bits per heavy atom. The van der Waals surface area contributed by atoms with Crippen molar-refractivity contribution in [1.29, 1.82) is 0 Å². The molecular weight excluding hydrogens is 534 g/mol. The maximum atomic E-state index is 13.4. The van der Waals surface area contributed by atoms with Crippen LogP contribution in [0.3, 0.4) is 0 Å². The minimum absolute atomic E-state index is 0.0459. The average molecular weight is 571 g/mol. The molecule has 0 spiro atoms. The van der Waals surface area contributed by atoms with E-state index in [1.807, 2.05) is 35.2 Å². The van der Waals surface area contributed by atoms with Crippen molar-refractivity contribution in [3.05, 3.63) is 70.1 Å². The number of carbonyl (C=O) groups excluding carboxylic acids is 1. The lowest BCUT2D eigenvalue weighted by molar-refractivity contribution is 0.0878. The first kappa shape index (κ1) is 25.5. The number of benzene rings is 1. The summed E-state index contributed by atoms with van der Waals surface area (Å²) in [6, 6.07) is 11.8. The minimum Gasteiger partial charge on any atom is -0.445 e. The summed E-state index contributed by atoms with van der Waals surface area (Å²) in [6.07, 6.45) is 7.10. The van der Waals surface area contributed by atoms with E-state index in [-0.39, 0.29) is 29.9 Å². The number of hydrogen-bond acceptors (Lipinski definition) is 4. The summed E-state index contributed by atoms with van der Waals surface area (Å²) >= 11 is 3.73. The van der Waals surface area contributed by atoms with Crippen molar-refractivity contribution < 1.29 is 14.0 Å². The highest BCUT2D eigenvalue weighted by Crippen LogP contribution is 2.43. The summed E-state index contributed by atoms with van der Waals surface area (Å²) in [5.74, 6) is 0.648. The molecule has 1 aliphatic heterocycles. The monoisotopic (exact) mass is 569 g/mol. The molecule has 0 unspecified atom stereocenters. The van der Waals surface area contributed by atoms with E-state index in [0.29, 0.717) is 18.9 Å². The van der Waals surface area contributed by atoms with Gasteiger partial charge >= 0.3 is 6.09 Å². The first-order chi connectivity index (χ1) is 17.0. The molecule has 2 aromatic heterocycles. The number of amides is 1. The molecule has 3 aromatic rings. The van der Waals surface area contributed by atoms with Crippen LogP contribution in [0.1, 0.15) is 68.8 Å². The third kappa shape index (κ3) is 5.26. The van der Waals surface area contributed by atoms with Crippen LogP contribution in [0.25, 0.3) is 5.65 Å². The van der Waals surface area contributed by atoms with Gasteiger partial charge in [0.25, 0.3) is 0 Å². The van der Waals surface area contributed by atoms with Crippen molar-refractivity contribution in [3.8, 4) is 0 Å². The molecule has 8 heteroatoms. The Kier molecular flexibility index (Phi) is 6.81. The van der Waals surface area contributed by atoms with E-state index in [4.69, 9.17) is 14.1 Å². The van der Waals surface area contributed by atoms with Crippen molar-refractivity contribution in [2.24, 2.45) is 0 Å². The zero-order valence-electron chi connectivity index (χ0n) is 21.8. The lowest BCUT2D eigenvalue weighted by Gasteiger charge is -2.38. The van der Waals surface area contributed by atoms with E-state index in [9.17, 15) is 4.79 Å². The van der Waals surface area contributed by atoms with Gasteiger partial charge in [-0.2, -0.15) is 0 Å². The predicted molar refractivity (Wildman–Crippen MR) is 148 cm³/mol. The highest BCUT2D eigenvalue weighted by molar-refractivity contribution is 9.10. The first-order valence-corrected chi connectivity index (χ1v) is 16.5. The number of carbonyl (C=O) groups is 1. The molecule has 0 radical (unpaired) electrons. The second-order valence-corrected chi connectivity index (χ2v) is 17.3. The molecule has 0 bridgehead atoms. The van der Waals surface area contributed by atoms with Crippen LogP contribution in [0.5, 0.6) is 0 Å². The van der Waals surface area contributed by atoms with Gasteiger partial charge in [0.15, 0.2) is 14.0 Å². The number of hydrogen-bond donors (Lipinski definition) is 0. The first-order valence-electron chi connectivity index (χ1n) is 12.8. The van der Waals surface area contributed by atoms with Gasteiger partial charge in [0, 0.05) is 25.4 Å². The van der Waals surface area contributed by atoms with Crippen LogP contribution < -0.4 is 0 Å². The van der Waals surface area contributed by atoms with Gasteiger partial charge < -0.3 is 13.6 Å². The fourth-order valence-corrected chi connectivity index (χ4v) is 6.57. The molecule has 1 saturated heterocycles. The second-order valence-electron chi connectivity index (χ2n) is 11.7. The van der Waals surface area contributed by atoms with E-state index < -0.39 is 8.32 Å². The third-order valence-corrected chi connectivity index (χ3v) is 13.0. The number of aromatic nitrogens is 2. The van der Waals surface area contributed by atoms with Gasteiger partial charge in [0.2, 0.25) is 0 Å². The van der Waals surface area contributed by atoms with Gasteiger partial charge in [-0.05, 0) is 70.0 Å². The van der Waals surface area contributed by atoms with Gasteiger partial charge in [-0.15, -0.1) is 0 Å². The highest BCUT2D eigenvalue weighted by Gasteiger charge is 2.45. The number of pyridine rings is 1. The van der Waals surface area contributed by atoms with Gasteiger partial charge in [0.1, 0.15) is 6.61 Å². The highest BCUT2D eigenvalue weighted by atomic mass is 79.9. The lowest BCUT2D eigenvalue weighted by atomic mass is 10.1. The normalized spacial score (nSPS) is 20.8. The van der Waals surface area contributed by atoms with Crippen LogP contribution in [0.4, 0.5) is 4.79 Å². The molecule has 3 heterocycles. The van der Waals surface area contributed by atoms with E-state index in [2.05, 4.69) is 72.7 Å². The lowest BCUT2D eigenvalue weighted by Crippen LogP contribution is -2.44. The Hall–Kier alpha value is -2.16. The van der Waals surface area contributed by atoms with Crippen LogP contribution >= 0.6 is 15.9 Å². The van der Waals surface area contributed by atoms with Crippen molar-refractivity contribution >= 4 is 36.0 Å². The number of ether oxygens (including phenoxy) is 1. The second kappa shape index (κ2) is 9.61. The molecule has 1 amide bonds. The minimum atomic E-state index is -2.00. The largest absolute Gasteiger partial charge is 0.445 e. The molecule has 0 N–H and O–H groups in total. The zero-order valence-corrected chi connectivity index (χ0v) is 24.4. The number of halogens is 1. The number of rotatable bonds is 6. The Bertz CT molecular complexity index is 1250. The molecule has 192 valence electrons. The van der Waals surface area contributed by atoms with Gasteiger partial charge in [-0.3, -0.25) is 4.90 Å². The Morgan fingerprint density at radius 1 is 1.17 bits per heavy atom. The number of fused-ring (bicyclic) bond motifs is 1. The maximum absolute atomic E-state index is 13.4. The Morgan fingerprint density at radius 2 is 1.89 bits per heavy atom. The van der Waals surface area contributed by atoms with Crippen molar-refractivity contribution in [3.63, 3.8) is 0 Å². The van der Waals surface area contributed by atoms with Crippen LogP contribution in [0, 0.1) is 0 Å². The summed E-state index contributed by atoms with van der Waals surface area (Å²) in [7, 11) is -2.00. The van der Waals surface area contributed by atoms with Crippen molar-refractivity contribution in [1.82, 2.24) is 14.3 Å². The van der Waals surface area contributed by atoms with Crippen LogP contribution in [-0.2, 0) is 15.8 Å². The molecule has 2 aliphatic rings. The molecule has 1 saturated carbocycles. The van der Waals surface area contributed by atoms with E-state index >= 15 is 0 Å². The number of nitrogens with zero attached hydrogens (tertiary/aromatic N) is 3. The quantitative estimate of drug-likeness (QED) is 0.289. The van der Waals surface area contributed by atoms with Crippen molar-refractivity contribution in [2.75, 3.05) is 6.54 Å². The summed E-state index contributed by atoms with van der Waals surface area (Å²) in [4.78, 5) is 20.1. The molecule has 5 rings (SSSR count). The topological polar surface area (TPSA) is 56.1 Å². The summed E-state index contributed by atoms with van der Waals surface area (Å²) in [6.45, 7) is 12.0. The summed E-state index contributed by atoms with van der Waals surface area (Å²) in [5.41, 5.74) is 4.06. The summed E-state index contributed by atoms with van der Waals surface area (Å²) < 4.78 is 15.6. The molecular formula is C28H36BrN3O3Si. The van der Waals surface area contributed by atoms with Crippen LogP contribution in [0.15, 0.2) is 53.3 Å². The van der Waals surface area contributed by atoms with Gasteiger partial charge in [-0.25, -0.2) is 9.78 Å². The Balaban J connectivity index is 1.41.